The zero-order valence-electron chi connectivity index (χ0n) is 13.1. The number of rotatable bonds is 4. The van der Waals surface area contributed by atoms with E-state index in [0.29, 0.717) is 12.1 Å². The third kappa shape index (κ3) is 2.72. The number of nitrogens with zero attached hydrogens (tertiary/aromatic N) is 2. The average Bonchev–Trinajstić information content (AvgIpc) is 3.04. The number of fused-ring (bicyclic) bond motifs is 1. The van der Waals surface area contributed by atoms with Gasteiger partial charge in [-0.2, -0.15) is 5.10 Å². The smallest absolute Gasteiger partial charge is 0.150 e. The molecule has 0 N–H and O–H groups in total. The van der Waals surface area contributed by atoms with Crippen molar-refractivity contribution in [2.24, 2.45) is 0 Å². The molecule has 1 aromatic heterocycles. The molecule has 0 aliphatic carbocycles. The van der Waals surface area contributed by atoms with E-state index < -0.39 is 0 Å². The number of hydrogen-bond acceptors (Lipinski definition) is 2. The molecule has 0 unspecified atom stereocenters. The Morgan fingerprint density at radius 2 is 1.71 bits per heavy atom. The van der Waals surface area contributed by atoms with Gasteiger partial charge in [0.05, 0.1) is 12.1 Å². The summed E-state index contributed by atoms with van der Waals surface area (Å²) < 4.78 is 1.93. The maximum Gasteiger partial charge on any atom is 0.150 e. The number of aldehydes is 1. The Morgan fingerprint density at radius 1 is 0.917 bits per heavy atom. The van der Waals surface area contributed by atoms with E-state index in [9.17, 15) is 4.79 Å². The number of aromatic nitrogens is 2. The van der Waals surface area contributed by atoms with Crippen molar-refractivity contribution in [1.82, 2.24) is 9.78 Å². The third-order valence-corrected chi connectivity index (χ3v) is 4.15. The van der Waals surface area contributed by atoms with Crippen LogP contribution in [0, 0.1) is 0 Å². The highest BCUT2D eigenvalue weighted by molar-refractivity contribution is 5.86. The molecular formula is C21H16N2O. The van der Waals surface area contributed by atoms with Crippen LogP contribution in [0.15, 0.2) is 79.0 Å². The standard InChI is InChI=1S/C21H16N2O/c24-15-16-10-11-21-19(12-16)14-23(22-21)13-18-8-4-5-9-20(18)17-6-2-1-3-7-17/h1-12,14-15H,13H2. The van der Waals surface area contributed by atoms with E-state index in [1.807, 2.05) is 29.1 Å². The Balaban J connectivity index is 1.72. The minimum atomic E-state index is 0.673. The number of carbonyl (C=O) groups excluding carboxylic acids is 1. The molecule has 0 radical (unpaired) electrons. The van der Waals surface area contributed by atoms with Crippen molar-refractivity contribution in [3.63, 3.8) is 0 Å². The fourth-order valence-corrected chi connectivity index (χ4v) is 2.98. The highest BCUT2D eigenvalue weighted by Gasteiger charge is 2.07. The largest absolute Gasteiger partial charge is 0.298 e. The first-order chi connectivity index (χ1) is 11.8. The number of benzene rings is 3. The summed E-state index contributed by atoms with van der Waals surface area (Å²) in [7, 11) is 0. The minimum Gasteiger partial charge on any atom is -0.298 e. The van der Waals surface area contributed by atoms with Crippen molar-refractivity contribution < 1.29 is 4.79 Å². The van der Waals surface area contributed by atoms with E-state index in [4.69, 9.17) is 0 Å². The van der Waals surface area contributed by atoms with Crippen LogP contribution in [0.4, 0.5) is 0 Å². The lowest BCUT2D eigenvalue weighted by molar-refractivity contribution is 0.112. The normalized spacial score (nSPS) is 10.8. The van der Waals surface area contributed by atoms with Gasteiger partial charge in [0.1, 0.15) is 6.29 Å². The minimum absolute atomic E-state index is 0.673. The zero-order chi connectivity index (χ0) is 16.4. The van der Waals surface area contributed by atoms with Crippen LogP contribution in [0.1, 0.15) is 15.9 Å². The fourth-order valence-electron chi connectivity index (χ4n) is 2.98. The molecule has 3 aromatic carbocycles. The molecule has 0 bridgehead atoms. The molecule has 116 valence electrons. The van der Waals surface area contributed by atoms with Crippen LogP contribution in [-0.2, 0) is 6.54 Å². The van der Waals surface area contributed by atoms with E-state index in [0.717, 1.165) is 17.2 Å². The Labute approximate surface area is 140 Å². The lowest BCUT2D eigenvalue weighted by Gasteiger charge is -2.09. The Morgan fingerprint density at radius 3 is 2.54 bits per heavy atom. The first-order valence-electron chi connectivity index (χ1n) is 7.89. The van der Waals surface area contributed by atoms with Gasteiger partial charge in [0.25, 0.3) is 0 Å². The van der Waals surface area contributed by atoms with Crippen molar-refractivity contribution in [3.05, 3.63) is 90.1 Å². The lowest BCUT2D eigenvalue weighted by Crippen LogP contribution is -2.01. The maximum absolute atomic E-state index is 10.9. The molecule has 0 saturated heterocycles. The lowest BCUT2D eigenvalue weighted by atomic mass is 10.00. The monoisotopic (exact) mass is 312 g/mol. The van der Waals surface area contributed by atoms with E-state index in [1.165, 1.54) is 16.7 Å². The van der Waals surface area contributed by atoms with Gasteiger partial charge in [-0.05, 0) is 34.9 Å². The zero-order valence-corrected chi connectivity index (χ0v) is 13.1. The van der Waals surface area contributed by atoms with Gasteiger partial charge in [0, 0.05) is 17.1 Å². The van der Waals surface area contributed by atoms with Crippen molar-refractivity contribution in [2.45, 2.75) is 6.54 Å². The van der Waals surface area contributed by atoms with Gasteiger partial charge >= 0.3 is 0 Å². The first kappa shape index (κ1) is 14.4. The Hall–Kier alpha value is -3.20. The summed E-state index contributed by atoms with van der Waals surface area (Å²) in [5, 5.41) is 5.60. The second-order valence-corrected chi connectivity index (χ2v) is 5.79. The van der Waals surface area contributed by atoms with Crippen LogP contribution >= 0.6 is 0 Å². The van der Waals surface area contributed by atoms with Crippen LogP contribution in [0.5, 0.6) is 0 Å². The van der Waals surface area contributed by atoms with Gasteiger partial charge in [-0.25, -0.2) is 0 Å². The Bertz CT molecular complexity index is 1000. The highest BCUT2D eigenvalue weighted by Crippen LogP contribution is 2.24. The number of hydrogen-bond donors (Lipinski definition) is 0. The molecule has 0 fully saturated rings. The van der Waals surface area contributed by atoms with Crippen molar-refractivity contribution in [1.29, 1.82) is 0 Å². The molecule has 1 heterocycles. The molecule has 3 heteroatoms. The maximum atomic E-state index is 10.9. The Kier molecular flexibility index (Phi) is 3.67. The summed E-state index contributed by atoms with van der Waals surface area (Å²) in [6.45, 7) is 0.691. The molecule has 24 heavy (non-hydrogen) atoms. The van der Waals surface area contributed by atoms with E-state index in [-0.39, 0.29) is 0 Å². The second-order valence-electron chi connectivity index (χ2n) is 5.79. The first-order valence-corrected chi connectivity index (χ1v) is 7.89. The van der Waals surface area contributed by atoms with E-state index in [2.05, 4.69) is 53.6 Å². The summed E-state index contributed by atoms with van der Waals surface area (Å²) in [5.41, 5.74) is 5.20. The summed E-state index contributed by atoms with van der Waals surface area (Å²) in [6, 6.07) is 24.3. The summed E-state index contributed by atoms with van der Waals surface area (Å²) in [4.78, 5) is 10.9. The van der Waals surface area contributed by atoms with Gasteiger partial charge in [-0.1, -0.05) is 54.6 Å². The summed E-state index contributed by atoms with van der Waals surface area (Å²) in [5.74, 6) is 0. The van der Waals surface area contributed by atoms with E-state index in [1.54, 1.807) is 6.07 Å². The van der Waals surface area contributed by atoms with Crippen LogP contribution in [0.2, 0.25) is 0 Å². The van der Waals surface area contributed by atoms with Gasteiger partial charge in [0.15, 0.2) is 0 Å². The molecular weight excluding hydrogens is 296 g/mol. The molecule has 0 aliphatic heterocycles. The fraction of sp³-hybridized carbons (Fsp3) is 0.0476. The van der Waals surface area contributed by atoms with Crippen LogP contribution in [0.3, 0.4) is 0 Å². The van der Waals surface area contributed by atoms with E-state index >= 15 is 0 Å². The van der Waals surface area contributed by atoms with Crippen LogP contribution in [0.25, 0.3) is 22.0 Å². The topological polar surface area (TPSA) is 34.9 Å². The molecule has 3 nitrogen and oxygen atoms in total. The van der Waals surface area contributed by atoms with Crippen molar-refractivity contribution in [3.8, 4) is 11.1 Å². The molecule has 0 atom stereocenters. The molecule has 0 amide bonds. The predicted octanol–water partition coefficient (Wildman–Crippen LogP) is 4.56. The van der Waals surface area contributed by atoms with Crippen LogP contribution in [-0.4, -0.2) is 16.1 Å². The van der Waals surface area contributed by atoms with Gasteiger partial charge in [0.2, 0.25) is 0 Å². The molecule has 0 saturated carbocycles. The second kappa shape index (κ2) is 6.13. The highest BCUT2D eigenvalue weighted by atomic mass is 16.1. The molecule has 0 spiro atoms. The number of carbonyl (C=O) groups is 1. The van der Waals surface area contributed by atoms with Gasteiger partial charge in [-0.15, -0.1) is 0 Å². The average molecular weight is 312 g/mol. The van der Waals surface area contributed by atoms with Gasteiger partial charge in [-0.3, -0.25) is 9.48 Å². The molecule has 4 rings (SSSR count). The quantitative estimate of drug-likeness (QED) is 0.518. The van der Waals surface area contributed by atoms with Crippen molar-refractivity contribution >= 4 is 17.2 Å². The van der Waals surface area contributed by atoms with Gasteiger partial charge < -0.3 is 0 Å². The third-order valence-electron chi connectivity index (χ3n) is 4.15. The van der Waals surface area contributed by atoms with Crippen molar-refractivity contribution in [2.75, 3.05) is 0 Å². The molecule has 4 aromatic rings. The predicted molar refractivity (Wildman–Crippen MR) is 96.1 cm³/mol. The van der Waals surface area contributed by atoms with Crippen LogP contribution < -0.4 is 0 Å². The summed E-state index contributed by atoms with van der Waals surface area (Å²) >= 11 is 0. The molecule has 0 aliphatic rings. The summed E-state index contributed by atoms with van der Waals surface area (Å²) in [6.07, 6.45) is 2.85. The SMILES string of the molecule is O=Cc1ccc2nn(Cc3ccccc3-c3ccccc3)cc2c1.